The van der Waals surface area contributed by atoms with E-state index in [0.717, 1.165) is 0 Å². The fourth-order valence-electron chi connectivity index (χ4n) is 1.35. The minimum atomic E-state index is -3.80. The van der Waals surface area contributed by atoms with Gasteiger partial charge in [-0.05, 0) is 52.9 Å². The first-order valence-electron chi connectivity index (χ1n) is 5.10. The summed E-state index contributed by atoms with van der Waals surface area (Å²) in [7, 11) is -3.80. The molecule has 0 aliphatic rings. The minimum Gasteiger partial charge on any atom is -0.477 e. The average Bonchev–Trinajstić information content (AvgIpc) is 2.83. The van der Waals surface area contributed by atoms with Crippen LogP contribution < -0.4 is 4.72 Å². The monoisotopic (exact) mass is 443 g/mol. The van der Waals surface area contributed by atoms with E-state index in [2.05, 4.69) is 4.72 Å². The van der Waals surface area contributed by atoms with Gasteiger partial charge in [0.15, 0.2) is 0 Å². The zero-order valence-electron chi connectivity index (χ0n) is 9.63. The number of benzene rings is 1. The van der Waals surface area contributed by atoms with E-state index in [1.165, 1.54) is 12.1 Å². The van der Waals surface area contributed by atoms with Crippen LogP contribution in [0.25, 0.3) is 0 Å². The quantitative estimate of drug-likeness (QED) is 0.709. The van der Waals surface area contributed by atoms with Crippen LogP contribution in [0.1, 0.15) is 9.67 Å². The molecule has 2 N–H and O–H groups in total. The number of carboxylic acids is 1. The Morgan fingerprint density at radius 2 is 2.00 bits per heavy atom. The van der Waals surface area contributed by atoms with Gasteiger partial charge < -0.3 is 5.11 Å². The molecule has 0 amide bonds. The Kier molecular flexibility index (Phi) is 4.57. The second-order valence-electron chi connectivity index (χ2n) is 3.65. The van der Waals surface area contributed by atoms with Crippen LogP contribution in [-0.4, -0.2) is 19.5 Å². The van der Waals surface area contributed by atoms with Crippen LogP contribution >= 0.6 is 45.5 Å². The Bertz CT molecular complexity index is 772. The molecule has 1 aromatic heterocycles. The zero-order chi connectivity index (χ0) is 14.9. The van der Waals surface area contributed by atoms with Crippen molar-refractivity contribution in [3.8, 4) is 0 Å². The maximum Gasteiger partial charge on any atom is 0.345 e. The molecule has 1 heterocycles. The smallest absolute Gasteiger partial charge is 0.345 e. The van der Waals surface area contributed by atoms with Crippen LogP contribution in [0.5, 0.6) is 0 Å². The normalized spacial score (nSPS) is 11.3. The van der Waals surface area contributed by atoms with E-state index in [-0.39, 0.29) is 9.09 Å². The molecule has 20 heavy (non-hydrogen) atoms. The van der Waals surface area contributed by atoms with Gasteiger partial charge in [0.25, 0.3) is 10.0 Å². The first kappa shape index (κ1) is 15.5. The minimum absolute atomic E-state index is 0.0313. The van der Waals surface area contributed by atoms with Gasteiger partial charge in [-0.15, -0.1) is 11.3 Å². The molecule has 2 aromatic rings. The molecule has 0 fully saturated rings. The van der Waals surface area contributed by atoms with Crippen LogP contribution in [0.3, 0.4) is 0 Å². The number of carboxylic acid groups (broad SMARTS) is 1. The molecule has 1 aromatic carbocycles. The SMILES string of the molecule is O=C(O)c1ccc(S(=O)(=O)Nc2ccc(Cl)cc2I)s1. The molecule has 0 saturated heterocycles. The van der Waals surface area contributed by atoms with E-state index in [4.69, 9.17) is 16.7 Å². The molecule has 5 nitrogen and oxygen atoms in total. The largest absolute Gasteiger partial charge is 0.477 e. The van der Waals surface area contributed by atoms with Gasteiger partial charge in [0, 0.05) is 8.59 Å². The van der Waals surface area contributed by atoms with Crippen LogP contribution in [0.4, 0.5) is 5.69 Å². The first-order valence-corrected chi connectivity index (χ1v) is 8.86. The van der Waals surface area contributed by atoms with Gasteiger partial charge >= 0.3 is 5.97 Å². The molecule has 0 bridgehead atoms. The topological polar surface area (TPSA) is 83.5 Å². The van der Waals surface area contributed by atoms with Crippen LogP contribution in [0, 0.1) is 3.57 Å². The summed E-state index contributed by atoms with van der Waals surface area (Å²) in [6, 6.07) is 7.26. The highest BCUT2D eigenvalue weighted by Crippen LogP contribution is 2.27. The molecule has 0 radical (unpaired) electrons. The number of nitrogens with one attached hydrogen (secondary N) is 1. The first-order chi connectivity index (χ1) is 9.29. The lowest BCUT2D eigenvalue weighted by Gasteiger charge is -2.08. The Labute approximate surface area is 137 Å². The molecule has 0 spiro atoms. The van der Waals surface area contributed by atoms with Gasteiger partial charge in [0.05, 0.1) is 5.69 Å². The lowest BCUT2D eigenvalue weighted by molar-refractivity contribution is 0.0702. The highest BCUT2D eigenvalue weighted by molar-refractivity contribution is 14.1. The predicted molar refractivity (Wildman–Crippen MR) is 86.3 cm³/mol. The molecule has 0 unspecified atom stereocenters. The molecule has 106 valence electrons. The van der Waals surface area contributed by atoms with Crippen molar-refractivity contribution in [3.63, 3.8) is 0 Å². The van der Waals surface area contributed by atoms with Crippen molar-refractivity contribution < 1.29 is 18.3 Å². The van der Waals surface area contributed by atoms with Crippen LogP contribution in [-0.2, 0) is 10.0 Å². The third-order valence-corrected chi connectivity index (χ3v) is 6.29. The maximum absolute atomic E-state index is 12.1. The Morgan fingerprint density at radius 3 is 2.55 bits per heavy atom. The van der Waals surface area contributed by atoms with Crippen molar-refractivity contribution in [1.82, 2.24) is 0 Å². The molecular formula is C11H7ClINO4S2. The third-order valence-electron chi connectivity index (χ3n) is 2.23. The Balaban J connectivity index is 2.33. The standard InChI is InChI=1S/C11H7ClINO4S2/c12-6-1-2-8(7(13)5-6)14-20(17,18)10-4-3-9(19-10)11(15)16/h1-5,14H,(H,15,16). The van der Waals surface area contributed by atoms with Gasteiger partial charge in [-0.25, -0.2) is 13.2 Å². The summed E-state index contributed by atoms with van der Waals surface area (Å²) >= 11 is 8.45. The van der Waals surface area contributed by atoms with Gasteiger partial charge in [-0.3, -0.25) is 4.72 Å². The summed E-state index contributed by atoms with van der Waals surface area (Å²) in [5.74, 6) is -1.16. The van der Waals surface area contributed by atoms with Crippen molar-refractivity contribution in [2.45, 2.75) is 4.21 Å². The molecule has 0 atom stereocenters. The second-order valence-corrected chi connectivity index (χ2v) is 8.25. The third kappa shape index (κ3) is 3.43. The lowest BCUT2D eigenvalue weighted by Crippen LogP contribution is -2.12. The van der Waals surface area contributed by atoms with E-state index >= 15 is 0 Å². The van der Waals surface area contributed by atoms with Gasteiger partial charge in [-0.2, -0.15) is 0 Å². The summed E-state index contributed by atoms with van der Waals surface area (Å²) < 4.78 is 27.3. The fourth-order valence-corrected chi connectivity index (χ4v) is 4.76. The highest BCUT2D eigenvalue weighted by atomic mass is 127. The van der Waals surface area contributed by atoms with E-state index in [1.807, 2.05) is 22.6 Å². The number of anilines is 1. The van der Waals surface area contributed by atoms with Crippen molar-refractivity contribution in [2.75, 3.05) is 4.72 Å². The van der Waals surface area contributed by atoms with Gasteiger partial charge in [0.1, 0.15) is 9.09 Å². The zero-order valence-corrected chi connectivity index (χ0v) is 14.2. The number of halogens is 2. The summed E-state index contributed by atoms with van der Waals surface area (Å²) in [5, 5.41) is 9.31. The maximum atomic E-state index is 12.1. The number of rotatable bonds is 4. The molecule has 0 saturated carbocycles. The lowest BCUT2D eigenvalue weighted by atomic mass is 10.3. The highest BCUT2D eigenvalue weighted by Gasteiger charge is 2.20. The second kappa shape index (κ2) is 5.88. The van der Waals surface area contributed by atoms with Crippen molar-refractivity contribution in [2.24, 2.45) is 0 Å². The summed E-state index contributed by atoms with van der Waals surface area (Å²) in [5.41, 5.74) is 0.389. The van der Waals surface area contributed by atoms with E-state index < -0.39 is 16.0 Å². The van der Waals surface area contributed by atoms with E-state index in [1.54, 1.807) is 18.2 Å². The average molecular weight is 444 g/mol. The number of hydrogen-bond acceptors (Lipinski definition) is 4. The Morgan fingerprint density at radius 1 is 1.30 bits per heavy atom. The molecule has 0 aliphatic carbocycles. The summed E-state index contributed by atoms with van der Waals surface area (Å²) in [6.45, 7) is 0. The van der Waals surface area contributed by atoms with Crippen molar-refractivity contribution in [1.29, 1.82) is 0 Å². The molecular weight excluding hydrogens is 437 g/mol. The molecule has 9 heteroatoms. The van der Waals surface area contributed by atoms with Crippen LogP contribution in [0.2, 0.25) is 5.02 Å². The Hall–Kier alpha value is -0.840. The molecule has 0 aliphatic heterocycles. The van der Waals surface area contributed by atoms with E-state index in [0.29, 0.717) is 25.6 Å². The van der Waals surface area contributed by atoms with Crippen molar-refractivity contribution >= 4 is 67.2 Å². The summed E-state index contributed by atoms with van der Waals surface area (Å²) in [6.07, 6.45) is 0. The van der Waals surface area contributed by atoms with Gasteiger partial charge in [0.2, 0.25) is 0 Å². The number of aromatic carboxylic acids is 1. The summed E-state index contributed by atoms with van der Waals surface area (Å²) in [4.78, 5) is 10.7. The van der Waals surface area contributed by atoms with Gasteiger partial charge in [-0.1, -0.05) is 11.6 Å². The molecule has 2 rings (SSSR count). The fraction of sp³-hybridized carbons (Fsp3) is 0. The predicted octanol–water partition coefficient (Wildman–Crippen LogP) is 3.51. The number of thiophene rings is 1. The number of carbonyl (C=O) groups is 1. The van der Waals surface area contributed by atoms with Crippen LogP contribution in [0.15, 0.2) is 34.5 Å². The van der Waals surface area contributed by atoms with Crippen molar-refractivity contribution in [3.05, 3.63) is 43.8 Å². The number of sulfonamides is 1. The number of hydrogen-bond donors (Lipinski definition) is 2. The van der Waals surface area contributed by atoms with E-state index in [9.17, 15) is 13.2 Å².